The fraction of sp³-hybridized carbons (Fsp3) is 0.154. The molecule has 0 spiro atoms. The van der Waals surface area contributed by atoms with Crippen LogP contribution in [-0.4, -0.2) is 20.0 Å². The third-order valence-electron chi connectivity index (χ3n) is 2.48. The molecule has 0 unspecified atom stereocenters. The van der Waals surface area contributed by atoms with Crippen molar-refractivity contribution in [1.29, 1.82) is 0 Å². The van der Waals surface area contributed by atoms with Gasteiger partial charge in [-0.15, -0.1) is 0 Å². The normalized spacial score (nSPS) is 11.2. The van der Waals surface area contributed by atoms with E-state index in [0.29, 0.717) is 11.1 Å². The second-order valence-electron chi connectivity index (χ2n) is 3.97. The Bertz CT molecular complexity index is 753. The number of anilines is 1. The summed E-state index contributed by atoms with van der Waals surface area (Å²) in [6.07, 6.45) is 1.52. The number of rotatable bonds is 5. The van der Waals surface area contributed by atoms with Crippen LogP contribution in [0.2, 0.25) is 5.02 Å². The van der Waals surface area contributed by atoms with E-state index in [4.69, 9.17) is 16.3 Å². The summed E-state index contributed by atoms with van der Waals surface area (Å²) < 4.78 is 33.2. The van der Waals surface area contributed by atoms with Gasteiger partial charge < -0.3 is 4.74 Å². The van der Waals surface area contributed by atoms with E-state index in [1.165, 1.54) is 18.3 Å². The third-order valence-corrected chi connectivity index (χ3v) is 4.82. The highest BCUT2D eigenvalue weighted by molar-refractivity contribution is 9.10. The summed E-state index contributed by atoms with van der Waals surface area (Å²) in [5.41, 5.74) is 0.262. The minimum Gasteiger partial charge on any atom is -0.476 e. The Morgan fingerprint density at radius 1 is 1.38 bits per heavy atom. The lowest BCUT2D eigenvalue weighted by atomic mass is 10.4. The van der Waals surface area contributed by atoms with Crippen molar-refractivity contribution in [2.24, 2.45) is 0 Å². The lowest BCUT2D eigenvalue weighted by Gasteiger charge is -2.12. The number of hydrogen-bond donors (Lipinski definition) is 1. The van der Waals surface area contributed by atoms with Gasteiger partial charge >= 0.3 is 0 Å². The van der Waals surface area contributed by atoms with Gasteiger partial charge in [-0.2, -0.15) is 0 Å². The van der Waals surface area contributed by atoms with E-state index >= 15 is 0 Å². The topological polar surface area (TPSA) is 68.3 Å². The number of nitrogens with one attached hydrogen (secondary N) is 1. The van der Waals surface area contributed by atoms with Crippen LogP contribution >= 0.6 is 27.5 Å². The zero-order valence-corrected chi connectivity index (χ0v) is 14.2. The van der Waals surface area contributed by atoms with Crippen LogP contribution in [0.5, 0.6) is 5.88 Å². The summed E-state index contributed by atoms with van der Waals surface area (Å²) in [6, 6.07) is 7.73. The first-order chi connectivity index (χ1) is 9.94. The predicted octanol–water partition coefficient (Wildman–Crippen LogP) is 3.70. The molecular weight excluding hydrogens is 380 g/mol. The van der Waals surface area contributed by atoms with Crippen molar-refractivity contribution in [1.82, 2.24) is 4.98 Å². The minimum atomic E-state index is -3.82. The van der Waals surface area contributed by atoms with Crippen molar-refractivity contribution in [3.63, 3.8) is 0 Å². The molecule has 21 heavy (non-hydrogen) atoms. The maximum Gasteiger partial charge on any atom is 0.263 e. The van der Waals surface area contributed by atoms with Crippen LogP contribution in [-0.2, 0) is 10.0 Å². The van der Waals surface area contributed by atoms with Crippen molar-refractivity contribution < 1.29 is 13.2 Å². The van der Waals surface area contributed by atoms with Gasteiger partial charge in [0, 0.05) is 10.7 Å². The van der Waals surface area contributed by atoms with E-state index in [-0.39, 0.29) is 21.5 Å². The monoisotopic (exact) mass is 390 g/mol. The SMILES string of the molecule is CCOc1ncccc1NS(=O)(=O)c1ccc(Br)cc1Cl. The Labute approximate surface area is 136 Å². The number of hydrogen-bond acceptors (Lipinski definition) is 4. The van der Waals surface area contributed by atoms with Crippen molar-refractivity contribution >= 4 is 43.2 Å². The molecule has 1 aromatic heterocycles. The maximum atomic E-state index is 12.4. The first-order valence-electron chi connectivity index (χ1n) is 5.99. The molecule has 1 N–H and O–H groups in total. The number of sulfonamides is 1. The van der Waals surface area contributed by atoms with Crippen LogP contribution < -0.4 is 9.46 Å². The van der Waals surface area contributed by atoms with Gasteiger partial charge in [0.05, 0.1) is 11.6 Å². The first-order valence-corrected chi connectivity index (χ1v) is 8.65. The van der Waals surface area contributed by atoms with Crippen LogP contribution in [0.4, 0.5) is 5.69 Å². The Morgan fingerprint density at radius 3 is 2.81 bits per heavy atom. The molecule has 112 valence electrons. The molecule has 8 heteroatoms. The summed E-state index contributed by atoms with van der Waals surface area (Å²) in [5.74, 6) is 0.219. The van der Waals surface area contributed by atoms with Crippen LogP contribution in [0.3, 0.4) is 0 Å². The van der Waals surface area contributed by atoms with Gasteiger partial charge in [-0.3, -0.25) is 4.72 Å². The summed E-state index contributed by atoms with van der Waals surface area (Å²) in [7, 11) is -3.82. The molecule has 5 nitrogen and oxygen atoms in total. The molecule has 1 heterocycles. The number of aromatic nitrogens is 1. The molecule has 0 saturated heterocycles. The zero-order chi connectivity index (χ0) is 15.5. The molecule has 0 atom stereocenters. The molecule has 2 rings (SSSR count). The average Bonchev–Trinajstić information content (AvgIpc) is 2.40. The number of nitrogens with zero attached hydrogens (tertiary/aromatic N) is 1. The Balaban J connectivity index is 2.38. The Morgan fingerprint density at radius 2 is 2.14 bits per heavy atom. The fourth-order valence-electron chi connectivity index (χ4n) is 1.61. The number of halogens is 2. The van der Waals surface area contributed by atoms with E-state index in [1.54, 1.807) is 25.1 Å². The first kappa shape index (κ1) is 16.1. The smallest absolute Gasteiger partial charge is 0.263 e. The quantitative estimate of drug-likeness (QED) is 0.844. The number of ether oxygens (including phenoxy) is 1. The van der Waals surface area contributed by atoms with E-state index in [9.17, 15) is 8.42 Å². The Hall–Kier alpha value is -1.31. The lowest BCUT2D eigenvalue weighted by Crippen LogP contribution is -2.14. The largest absolute Gasteiger partial charge is 0.476 e. The fourth-order valence-corrected chi connectivity index (χ4v) is 3.71. The van der Waals surface area contributed by atoms with Gasteiger partial charge in [-0.1, -0.05) is 27.5 Å². The van der Waals surface area contributed by atoms with Gasteiger partial charge in [0.2, 0.25) is 5.88 Å². The standard InChI is InChI=1S/C13H12BrClN2O3S/c1-2-20-13-11(4-3-7-16-13)17-21(18,19)12-6-5-9(14)8-10(12)15/h3-8,17H,2H2,1H3. The molecule has 0 aliphatic heterocycles. The number of benzene rings is 1. The van der Waals surface area contributed by atoms with Gasteiger partial charge in [0.1, 0.15) is 10.6 Å². The zero-order valence-electron chi connectivity index (χ0n) is 11.0. The lowest BCUT2D eigenvalue weighted by molar-refractivity contribution is 0.329. The molecule has 0 bridgehead atoms. The van der Waals surface area contributed by atoms with Gasteiger partial charge in [-0.25, -0.2) is 13.4 Å². The summed E-state index contributed by atoms with van der Waals surface area (Å²) in [4.78, 5) is 3.98. The molecule has 0 amide bonds. The van der Waals surface area contributed by atoms with Crippen molar-refractivity contribution in [2.45, 2.75) is 11.8 Å². The molecule has 0 radical (unpaired) electrons. The molecule has 0 aliphatic carbocycles. The number of pyridine rings is 1. The van der Waals surface area contributed by atoms with Gasteiger partial charge in [0.25, 0.3) is 10.0 Å². The van der Waals surface area contributed by atoms with Crippen molar-refractivity contribution in [3.05, 3.63) is 46.0 Å². The third kappa shape index (κ3) is 3.87. The molecule has 0 aliphatic rings. The average molecular weight is 392 g/mol. The molecule has 0 saturated carbocycles. The van der Waals surface area contributed by atoms with Crippen LogP contribution in [0.1, 0.15) is 6.92 Å². The maximum absolute atomic E-state index is 12.4. The highest BCUT2D eigenvalue weighted by atomic mass is 79.9. The van der Waals surface area contributed by atoms with E-state index in [0.717, 1.165) is 0 Å². The van der Waals surface area contributed by atoms with E-state index in [2.05, 4.69) is 25.6 Å². The minimum absolute atomic E-state index is 0.0151. The summed E-state index contributed by atoms with van der Waals surface area (Å²) in [5, 5.41) is 0.124. The highest BCUT2D eigenvalue weighted by Gasteiger charge is 2.20. The van der Waals surface area contributed by atoms with Crippen LogP contribution in [0.25, 0.3) is 0 Å². The second-order valence-corrected chi connectivity index (χ2v) is 6.94. The van der Waals surface area contributed by atoms with E-state index in [1.807, 2.05) is 0 Å². The summed E-state index contributed by atoms with van der Waals surface area (Å²) >= 11 is 9.22. The predicted molar refractivity (Wildman–Crippen MR) is 85.4 cm³/mol. The molecule has 1 aromatic carbocycles. The van der Waals surface area contributed by atoms with Crippen molar-refractivity contribution in [3.8, 4) is 5.88 Å². The van der Waals surface area contributed by atoms with Crippen LogP contribution in [0, 0.1) is 0 Å². The Kier molecular flexibility index (Phi) is 5.08. The molecule has 2 aromatic rings. The highest BCUT2D eigenvalue weighted by Crippen LogP contribution is 2.29. The second kappa shape index (κ2) is 6.64. The van der Waals surface area contributed by atoms with E-state index < -0.39 is 10.0 Å². The molecular formula is C13H12BrClN2O3S. The molecule has 0 fully saturated rings. The van der Waals surface area contributed by atoms with Gasteiger partial charge in [0.15, 0.2) is 0 Å². The summed E-state index contributed by atoms with van der Waals surface area (Å²) in [6.45, 7) is 2.17. The van der Waals surface area contributed by atoms with Crippen LogP contribution in [0.15, 0.2) is 45.9 Å². The van der Waals surface area contributed by atoms with Crippen molar-refractivity contribution in [2.75, 3.05) is 11.3 Å². The van der Waals surface area contributed by atoms with Gasteiger partial charge in [-0.05, 0) is 37.3 Å².